The summed E-state index contributed by atoms with van der Waals surface area (Å²) in [5.41, 5.74) is 0. The van der Waals surface area contributed by atoms with Gasteiger partial charge in [-0.1, -0.05) is 0 Å². The fourth-order valence-electron chi connectivity index (χ4n) is 0.390. The van der Waals surface area contributed by atoms with E-state index in [1.54, 1.807) is 6.07 Å². The molecule has 3 heteroatoms. The van der Waals surface area contributed by atoms with Gasteiger partial charge in [-0.05, 0) is 22.6 Å². The minimum Gasteiger partial charge on any atom is -0.460 e. The molecule has 2 nitrogen and oxygen atoms in total. The van der Waals surface area contributed by atoms with E-state index in [-0.39, 0.29) is 0 Å². The largest absolute Gasteiger partial charge is 0.460 e. The Morgan fingerprint density at radius 2 is 2.50 bits per heavy atom. The molecule has 1 aromatic rings. The predicted molar refractivity (Wildman–Crippen MR) is 36.8 cm³/mol. The van der Waals surface area contributed by atoms with Crippen molar-refractivity contribution in [1.82, 2.24) is 0 Å². The van der Waals surface area contributed by atoms with Gasteiger partial charge in [-0.2, -0.15) is 0 Å². The van der Waals surface area contributed by atoms with Crippen LogP contribution in [-0.2, 0) is 0 Å². The molecular formula is C5H3IO2. The van der Waals surface area contributed by atoms with E-state index in [9.17, 15) is 4.79 Å². The Balaban J connectivity index is 3.00. The van der Waals surface area contributed by atoms with Crippen LogP contribution in [0.15, 0.2) is 16.7 Å². The fourth-order valence-corrected chi connectivity index (χ4v) is 0.824. The first-order valence-corrected chi connectivity index (χ1v) is 3.10. The van der Waals surface area contributed by atoms with Gasteiger partial charge in [0.05, 0.1) is 3.57 Å². The Labute approximate surface area is 60.0 Å². The van der Waals surface area contributed by atoms with Crippen LogP contribution in [0, 0.1) is 3.57 Å². The number of hydrogen-bond donors (Lipinski definition) is 0. The summed E-state index contributed by atoms with van der Waals surface area (Å²) >= 11 is 2.07. The zero-order valence-electron chi connectivity index (χ0n) is 3.93. The van der Waals surface area contributed by atoms with Crippen molar-refractivity contribution in [3.8, 4) is 0 Å². The SMILES string of the molecule is O=Cc1cc(I)co1. The lowest BCUT2D eigenvalue weighted by Gasteiger charge is -1.68. The van der Waals surface area contributed by atoms with Crippen LogP contribution >= 0.6 is 22.6 Å². The van der Waals surface area contributed by atoms with Crippen molar-refractivity contribution in [3.63, 3.8) is 0 Å². The standard InChI is InChI=1S/C5H3IO2/c6-4-1-5(2-7)8-3-4/h1-3H. The van der Waals surface area contributed by atoms with Crippen LogP contribution in [0.3, 0.4) is 0 Å². The van der Waals surface area contributed by atoms with Crippen LogP contribution in [0.4, 0.5) is 0 Å². The molecule has 0 saturated carbocycles. The molecule has 0 N–H and O–H groups in total. The van der Waals surface area contributed by atoms with E-state index in [1.165, 1.54) is 6.26 Å². The molecule has 0 radical (unpaired) electrons. The van der Waals surface area contributed by atoms with Gasteiger partial charge in [-0.25, -0.2) is 0 Å². The highest BCUT2D eigenvalue weighted by atomic mass is 127. The third kappa shape index (κ3) is 1.09. The highest BCUT2D eigenvalue weighted by Crippen LogP contribution is 2.06. The zero-order valence-corrected chi connectivity index (χ0v) is 6.08. The Bertz CT molecular complexity index is 192. The summed E-state index contributed by atoms with van der Waals surface area (Å²) in [6.45, 7) is 0. The zero-order chi connectivity index (χ0) is 5.98. The van der Waals surface area contributed by atoms with Gasteiger partial charge in [0.2, 0.25) is 0 Å². The van der Waals surface area contributed by atoms with Crippen molar-refractivity contribution in [3.05, 3.63) is 21.7 Å². The molecule has 0 aromatic carbocycles. The van der Waals surface area contributed by atoms with Crippen molar-refractivity contribution in [1.29, 1.82) is 0 Å². The molecular weight excluding hydrogens is 219 g/mol. The quantitative estimate of drug-likeness (QED) is 0.534. The monoisotopic (exact) mass is 222 g/mol. The van der Waals surface area contributed by atoms with Gasteiger partial charge < -0.3 is 4.42 Å². The van der Waals surface area contributed by atoms with Crippen molar-refractivity contribution in [2.75, 3.05) is 0 Å². The summed E-state index contributed by atoms with van der Waals surface area (Å²) in [6.07, 6.45) is 2.21. The van der Waals surface area contributed by atoms with Crippen molar-refractivity contribution >= 4 is 28.9 Å². The smallest absolute Gasteiger partial charge is 0.185 e. The average molecular weight is 222 g/mol. The minimum absolute atomic E-state index is 0.384. The molecule has 0 atom stereocenters. The normalized spacial score (nSPS) is 9.12. The molecule has 0 bridgehead atoms. The summed E-state index contributed by atoms with van der Waals surface area (Å²) in [6, 6.07) is 1.67. The maximum absolute atomic E-state index is 9.92. The molecule has 0 amide bonds. The Hall–Kier alpha value is -0.320. The summed E-state index contributed by atoms with van der Waals surface area (Å²) < 4.78 is 5.69. The van der Waals surface area contributed by atoms with E-state index < -0.39 is 0 Å². The first-order valence-electron chi connectivity index (χ1n) is 2.02. The van der Waals surface area contributed by atoms with Gasteiger partial charge in [0.15, 0.2) is 12.0 Å². The van der Waals surface area contributed by atoms with E-state index in [0.717, 1.165) is 3.57 Å². The number of aldehydes is 1. The van der Waals surface area contributed by atoms with Crippen LogP contribution in [0.1, 0.15) is 10.6 Å². The molecule has 8 heavy (non-hydrogen) atoms. The highest BCUT2D eigenvalue weighted by Gasteiger charge is 1.93. The Morgan fingerprint density at radius 3 is 2.75 bits per heavy atom. The molecule has 0 unspecified atom stereocenters. The molecule has 0 aliphatic carbocycles. The van der Waals surface area contributed by atoms with E-state index in [2.05, 4.69) is 22.6 Å². The molecule has 0 saturated heterocycles. The van der Waals surface area contributed by atoms with Gasteiger partial charge >= 0.3 is 0 Å². The topological polar surface area (TPSA) is 30.2 Å². The number of hydrogen-bond acceptors (Lipinski definition) is 2. The van der Waals surface area contributed by atoms with E-state index >= 15 is 0 Å². The lowest BCUT2D eigenvalue weighted by atomic mass is 10.5. The van der Waals surface area contributed by atoms with Gasteiger partial charge in [-0.15, -0.1) is 0 Å². The van der Waals surface area contributed by atoms with Crippen LogP contribution in [0.2, 0.25) is 0 Å². The third-order valence-electron chi connectivity index (χ3n) is 0.704. The summed E-state index contributed by atoms with van der Waals surface area (Å²) in [7, 11) is 0. The van der Waals surface area contributed by atoms with E-state index in [4.69, 9.17) is 4.42 Å². The van der Waals surface area contributed by atoms with Crippen LogP contribution in [0.5, 0.6) is 0 Å². The fraction of sp³-hybridized carbons (Fsp3) is 0. The Morgan fingerprint density at radius 1 is 1.75 bits per heavy atom. The van der Waals surface area contributed by atoms with Crippen LogP contribution in [0.25, 0.3) is 0 Å². The van der Waals surface area contributed by atoms with Crippen LogP contribution < -0.4 is 0 Å². The third-order valence-corrected chi connectivity index (χ3v) is 1.27. The van der Waals surface area contributed by atoms with Gasteiger partial charge in [0, 0.05) is 6.07 Å². The second-order valence-corrected chi connectivity index (χ2v) is 2.53. The maximum Gasteiger partial charge on any atom is 0.185 e. The van der Waals surface area contributed by atoms with Gasteiger partial charge in [0.25, 0.3) is 0 Å². The maximum atomic E-state index is 9.92. The lowest BCUT2D eigenvalue weighted by Crippen LogP contribution is -1.66. The molecule has 0 aliphatic heterocycles. The molecule has 1 aromatic heterocycles. The lowest BCUT2D eigenvalue weighted by molar-refractivity contribution is 0.110. The summed E-state index contributed by atoms with van der Waals surface area (Å²) in [5.74, 6) is 0.384. The van der Waals surface area contributed by atoms with Gasteiger partial charge in [0.1, 0.15) is 6.26 Å². The van der Waals surface area contributed by atoms with Crippen molar-refractivity contribution < 1.29 is 9.21 Å². The summed E-state index contributed by atoms with van der Waals surface area (Å²) in [5, 5.41) is 0. The van der Waals surface area contributed by atoms with Crippen molar-refractivity contribution in [2.24, 2.45) is 0 Å². The molecule has 1 rings (SSSR count). The number of rotatable bonds is 1. The van der Waals surface area contributed by atoms with Crippen molar-refractivity contribution in [2.45, 2.75) is 0 Å². The number of furan rings is 1. The molecule has 42 valence electrons. The molecule has 0 spiro atoms. The predicted octanol–water partition coefficient (Wildman–Crippen LogP) is 1.70. The molecule has 0 aliphatic rings. The number of carbonyl (C=O) groups excluding carboxylic acids is 1. The number of carbonyl (C=O) groups is 1. The first kappa shape index (κ1) is 5.81. The van der Waals surface area contributed by atoms with E-state index in [1.807, 2.05) is 0 Å². The Kier molecular flexibility index (Phi) is 1.67. The first-order chi connectivity index (χ1) is 3.83. The minimum atomic E-state index is 0.384. The van der Waals surface area contributed by atoms with Crippen LogP contribution in [-0.4, -0.2) is 6.29 Å². The molecule has 0 fully saturated rings. The second-order valence-electron chi connectivity index (χ2n) is 1.29. The highest BCUT2D eigenvalue weighted by molar-refractivity contribution is 14.1. The average Bonchev–Trinajstić information content (AvgIpc) is 2.14. The van der Waals surface area contributed by atoms with Gasteiger partial charge in [-0.3, -0.25) is 4.79 Å². The second kappa shape index (κ2) is 2.30. The summed E-state index contributed by atoms with van der Waals surface area (Å²) in [4.78, 5) is 9.92. The van der Waals surface area contributed by atoms with E-state index in [0.29, 0.717) is 12.0 Å². The number of halogens is 1. The molecule has 1 heterocycles.